The van der Waals surface area contributed by atoms with Crippen LogP contribution in [-0.2, 0) is 16.1 Å². The Morgan fingerprint density at radius 3 is 2.35 bits per heavy atom. The van der Waals surface area contributed by atoms with Crippen molar-refractivity contribution >= 4 is 17.7 Å². The molecule has 0 aliphatic heterocycles. The minimum Gasteiger partial charge on any atom is -0.484 e. The molecule has 0 spiro atoms. The maximum atomic E-state index is 11.9. The number of amides is 3. The Balaban J connectivity index is 1.78. The Morgan fingerprint density at radius 2 is 1.69 bits per heavy atom. The lowest BCUT2D eigenvalue weighted by atomic mass is 10.1. The van der Waals surface area contributed by atoms with Crippen LogP contribution < -0.4 is 21.1 Å². The molecule has 0 aliphatic rings. The molecule has 3 amide bonds. The molecule has 2 aromatic carbocycles. The predicted molar refractivity (Wildman–Crippen MR) is 96.5 cm³/mol. The van der Waals surface area contributed by atoms with Crippen LogP contribution in [0.1, 0.15) is 21.5 Å². The van der Waals surface area contributed by atoms with Crippen LogP contribution >= 0.6 is 0 Å². The molecule has 7 nitrogen and oxygen atoms in total. The largest absolute Gasteiger partial charge is 0.484 e. The third kappa shape index (κ3) is 5.94. The molecule has 2 aromatic rings. The van der Waals surface area contributed by atoms with E-state index in [1.165, 1.54) is 0 Å². The summed E-state index contributed by atoms with van der Waals surface area (Å²) in [6, 6.07) is 14.1. The molecule has 7 heteroatoms. The highest BCUT2D eigenvalue weighted by Gasteiger charge is 2.07. The van der Waals surface area contributed by atoms with Gasteiger partial charge in [0, 0.05) is 12.1 Å². The van der Waals surface area contributed by atoms with Gasteiger partial charge in [0.15, 0.2) is 6.61 Å². The molecular weight excluding hydrogens is 334 g/mol. The van der Waals surface area contributed by atoms with E-state index in [9.17, 15) is 14.4 Å². The highest BCUT2D eigenvalue weighted by Crippen LogP contribution is 2.15. The van der Waals surface area contributed by atoms with Gasteiger partial charge in [-0.15, -0.1) is 0 Å². The van der Waals surface area contributed by atoms with Crippen LogP contribution in [0.3, 0.4) is 0 Å². The van der Waals surface area contributed by atoms with Crippen LogP contribution in [0.15, 0.2) is 48.5 Å². The SMILES string of the molecule is Cc1ccccc1OCC(=O)NCc1ccc(C(=O)NCC(N)=O)cc1. The maximum Gasteiger partial charge on any atom is 0.258 e. The van der Waals surface area contributed by atoms with Crippen molar-refractivity contribution in [2.75, 3.05) is 13.2 Å². The molecule has 0 bridgehead atoms. The first kappa shape index (κ1) is 19.0. The molecular formula is C19H21N3O4. The minimum atomic E-state index is -0.606. The summed E-state index contributed by atoms with van der Waals surface area (Å²) in [5, 5.41) is 5.16. The number of ether oxygens (including phenoxy) is 1. The minimum absolute atomic E-state index is 0.0710. The molecule has 0 heterocycles. The average molecular weight is 355 g/mol. The van der Waals surface area contributed by atoms with Gasteiger partial charge in [-0.25, -0.2) is 0 Å². The summed E-state index contributed by atoms with van der Waals surface area (Å²) in [5.41, 5.74) is 7.18. The van der Waals surface area contributed by atoms with Gasteiger partial charge in [-0.1, -0.05) is 30.3 Å². The predicted octanol–water partition coefficient (Wildman–Crippen LogP) is 0.905. The highest BCUT2D eigenvalue weighted by atomic mass is 16.5. The first-order valence-corrected chi connectivity index (χ1v) is 8.06. The van der Waals surface area contributed by atoms with Crippen molar-refractivity contribution in [2.45, 2.75) is 13.5 Å². The van der Waals surface area contributed by atoms with Crippen molar-refractivity contribution in [3.63, 3.8) is 0 Å². The van der Waals surface area contributed by atoms with Crippen LogP contribution in [0, 0.1) is 6.92 Å². The number of hydrogen-bond acceptors (Lipinski definition) is 4. The van der Waals surface area contributed by atoms with Gasteiger partial charge < -0.3 is 21.1 Å². The average Bonchev–Trinajstić information content (AvgIpc) is 2.64. The Bertz CT molecular complexity index is 788. The van der Waals surface area contributed by atoms with Crippen LogP contribution in [-0.4, -0.2) is 30.9 Å². The summed E-state index contributed by atoms with van der Waals surface area (Å²) in [7, 11) is 0. The fourth-order valence-electron chi connectivity index (χ4n) is 2.16. The second-order valence-electron chi connectivity index (χ2n) is 5.68. The number of benzene rings is 2. The highest BCUT2D eigenvalue weighted by molar-refractivity contribution is 5.96. The Labute approximate surface area is 151 Å². The molecule has 26 heavy (non-hydrogen) atoms. The quantitative estimate of drug-likeness (QED) is 0.653. The van der Waals surface area contributed by atoms with Crippen LogP contribution in [0.2, 0.25) is 0 Å². The smallest absolute Gasteiger partial charge is 0.258 e. The van der Waals surface area contributed by atoms with Gasteiger partial charge in [0.1, 0.15) is 5.75 Å². The van der Waals surface area contributed by atoms with Gasteiger partial charge in [0.25, 0.3) is 11.8 Å². The molecule has 0 aromatic heterocycles. The standard InChI is InChI=1S/C19H21N3O4/c1-13-4-2-3-5-16(13)26-12-18(24)21-10-14-6-8-15(9-7-14)19(25)22-11-17(20)23/h2-9H,10-12H2,1H3,(H2,20,23)(H,21,24)(H,22,25). The topological polar surface area (TPSA) is 111 Å². The summed E-state index contributed by atoms with van der Waals surface area (Å²) in [6.07, 6.45) is 0. The van der Waals surface area contributed by atoms with Crippen LogP contribution in [0.4, 0.5) is 0 Å². The van der Waals surface area contributed by atoms with Gasteiger partial charge in [0.05, 0.1) is 6.54 Å². The number of para-hydroxylation sites is 1. The van der Waals surface area contributed by atoms with E-state index in [4.69, 9.17) is 10.5 Å². The summed E-state index contributed by atoms with van der Waals surface area (Å²) in [4.78, 5) is 34.3. The number of primary amides is 1. The number of carbonyl (C=O) groups is 3. The van der Waals surface area contributed by atoms with Gasteiger partial charge in [0.2, 0.25) is 5.91 Å². The van der Waals surface area contributed by atoms with E-state index in [-0.39, 0.29) is 25.0 Å². The lowest BCUT2D eigenvalue weighted by Gasteiger charge is -2.10. The monoisotopic (exact) mass is 355 g/mol. The molecule has 4 N–H and O–H groups in total. The van der Waals surface area contributed by atoms with E-state index in [2.05, 4.69) is 10.6 Å². The van der Waals surface area contributed by atoms with E-state index in [1.54, 1.807) is 24.3 Å². The molecule has 136 valence electrons. The number of aryl methyl sites for hydroxylation is 1. The van der Waals surface area contributed by atoms with Crippen molar-refractivity contribution < 1.29 is 19.1 Å². The number of hydrogen-bond donors (Lipinski definition) is 3. The fourth-order valence-corrected chi connectivity index (χ4v) is 2.16. The summed E-state index contributed by atoms with van der Waals surface area (Å²) < 4.78 is 5.48. The van der Waals surface area contributed by atoms with Crippen LogP contribution in [0.5, 0.6) is 5.75 Å². The van der Waals surface area contributed by atoms with Gasteiger partial charge >= 0.3 is 0 Å². The lowest BCUT2D eigenvalue weighted by Crippen LogP contribution is -2.33. The third-order valence-electron chi connectivity index (χ3n) is 3.58. The zero-order valence-electron chi connectivity index (χ0n) is 14.5. The number of nitrogens with one attached hydrogen (secondary N) is 2. The first-order chi connectivity index (χ1) is 12.5. The second kappa shape index (κ2) is 9.22. The van der Waals surface area contributed by atoms with E-state index < -0.39 is 5.91 Å². The molecule has 0 fully saturated rings. The summed E-state index contributed by atoms with van der Waals surface area (Å²) in [6.45, 7) is 1.95. The summed E-state index contributed by atoms with van der Waals surface area (Å²) >= 11 is 0. The lowest BCUT2D eigenvalue weighted by molar-refractivity contribution is -0.123. The van der Waals surface area contributed by atoms with Crippen molar-refractivity contribution in [3.05, 3.63) is 65.2 Å². The van der Waals surface area contributed by atoms with Crippen molar-refractivity contribution in [1.29, 1.82) is 0 Å². The fraction of sp³-hybridized carbons (Fsp3) is 0.211. The molecule has 0 unspecified atom stereocenters. The summed E-state index contributed by atoms with van der Waals surface area (Å²) in [5.74, 6) is -0.554. The zero-order chi connectivity index (χ0) is 18.9. The third-order valence-corrected chi connectivity index (χ3v) is 3.58. The van der Waals surface area contributed by atoms with Crippen molar-refractivity contribution in [2.24, 2.45) is 5.73 Å². The number of rotatable bonds is 8. The molecule has 0 saturated heterocycles. The second-order valence-corrected chi connectivity index (χ2v) is 5.68. The Kier molecular flexibility index (Phi) is 6.73. The van der Waals surface area contributed by atoms with Crippen molar-refractivity contribution in [1.82, 2.24) is 10.6 Å². The molecule has 0 saturated carbocycles. The Morgan fingerprint density at radius 1 is 1.00 bits per heavy atom. The van der Waals surface area contributed by atoms with E-state index in [0.29, 0.717) is 17.9 Å². The number of carbonyl (C=O) groups excluding carboxylic acids is 3. The van der Waals surface area contributed by atoms with E-state index >= 15 is 0 Å². The molecule has 0 radical (unpaired) electrons. The van der Waals surface area contributed by atoms with Gasteiger partial charge in [-0.05, 0) is 36.2 Å². The van der Waals surface area contributed by atoms with Crippen molar-refractivity contribution in [3.8, 4) is 5.75 Å². The van der Waals surface area contributed by atoms with Crippen LogP contribution in [0.25, 0.3) is 0 Å². The van der Waals surface area contributed by atoms with E-state index in [1.807, 2.05) is 31.2 Å². The molecule has 2 rings (SSSR count). The normalized spacial score (nSPS) is 10.0. The number of nitrogens with two attached hydrogens (primary N) is 1. The first-order valence-electron chi connectivity index (χ1n) is 8.06. The Hall–Kier alpha value is -3.35. The zero-order valence-corrected chi connectivity index (χ0v) is 14.5. The van der Waals surface area contributed by atoms with E-state index in [0.717, 1.165) is 11.1 Å². The molecule has 0 aliphatic carbocycles. The van der Waals surface area contributed by atoms with Gasteiger partial charge in [-0.2, -0.15) is 0 Å². The molecule has 0 atom stereocenters. The maximum absolute atomic E-state index is 11.9. The van der Waals surface area contributed by atoms with Gasteiger partial charge in [-0.3, -0.25) is 14.4 Å².